The Morgan fingerprint density at radius 2 is 1.50 bits per heavy atom. The SMILES string of the molecule is CC.CC.Cc1ccc2c(n1)CCCC2.Cc1cn2c(n1)CCC2. The first kappa shape index (κ1) is 20.4. The van der Waals surface area contributed by atoms with Crippen LogP contribution in [0, 0.1) is 13.8 Å². The van der Waals surface area contributed by atoms with Gasteiger partial charge in [0, 0.05) is 30.6 Å². The lowest BCUT2D eigenvalue weighted by molar-refractivity contribution is 0.665. The van der Waals surface area contributed by atoms with Crippen molar-refractivity contribution >= 4 is 0 Å². The fraction of sp³-hybridized carbons (Fsp3) is 0.619. The van der Waals surface area contributed by atoms with Crippen LogP contribution in [0.2, 0.25) is 0 Å². The molecule has 2 aromatic heterocycles. The molecule has 4 rings (SSSR count). The minimum Gasteiger partial charge on any atom is -0.335 e. The van der Waals surface area contributed by atoms with Crippen LogP contribution in [0.1, 0.15) is 75.4 Å². The standard InChI is InChI=1S/C10H13N.C7H10N2.2C2H6/c1-8-6-7-9-4-2-3-5-10(9)11-8;1-6-5-9-4-2-3-7(9)8-6;2*1-2/h6-7H,2-5H2,1H3;5H,2-4H2,1H3;2*1-2H3. The first-order valence-electron chi connectivity index (χ1n) is 9.70. The molecule has 0 amide bonds. The minimum absolute atomic E-state index is 1.16. The molecule has 0 saturated carbocycles. The van der Waals surface area contributed by atoms with Crippen LogP contribution in [0.3, 0.4) is 0 Å². The van der Waals surface area contributed by atoms with Crippen LogP contribution >= 0.6 is 0 Å². The number of rotatable bonds is 0. The zero-order valence-electron chi connectivity index (χ0n) is 16.5. The Morgan fingerprint density at radius 3 is 2.21 bits per heavy atom. The third kappa shape index (κ3) is 5.77. The number of nitrogens with zero attached hydrogens (tertiary/aromatic N) is 3. The molecule has 0 atom stereocenters. The summed E-state index contributed by atoms with van der Waals surface area (Å²) >= 11 is 0. The topological polar surface area (TPSA) is 30.7 Å². The van der Waals surface area contributed by atoms with Crippen molar-refractivity contribution < 1.29 is 0 Å². The largest absolute Gasteiger partial charge is 0.335 e. The van der Waals surface area contributed by atoms with Crippen molar-refractivity contribution in [2.75, 3.05) is 0 Å². The fourth-order valence-corrected chi connectivity index (χ4v) is 3.09. The van der Waals surface area contributed by atoms with Crippen molar-refractivity contribution in [1.29, 1.82) is 0 Å². The molecular weight excluding hydrogens is 294 g/mol. The average molecular weight is 330 g/mol. The van der Waals surface area contributed by atoms with Gasteiger partial charge in [0.25, 0.3) is 0 Å². The smallest absolute Gasteiger partial charge is 0.109 e. The van der Waals surface area contributed by atoms with E-state index in [0.29, 0.717) is 0 Å². The van der Waals surface area contributed by atoms with Gasteiger partial charge in [0.1, 0.15) is 5.82 Å². The quantitative estimate of drug-likeness (QED) is 0.642. The first-order chi connectivity index (χ1) is 11.7. The Kier molecular flexibility index (Phi) is 9.36. The van der Waals surface area contributed by atoms with Crippen molar-refractivity contribution in [2.45, 2.75) is 86.6 Å². The van der Waals surface area contributed by atoms with Gasteiger partial charge in [0.15, 0.2) is 0 Å². The number of aryl methyl sites for hydroxylation is 6. The maximum absolute atomic E-state index is 4.51. The van der Waals surface area contributed by atoms with E-state index in [1.54, 1.807) is 0 Å². The highest BCUT2D eigenvalue weighted by atomic mass is 15.1. The molecule has 24 heavy (non-hydrogen) atoms. The normalized spacial score (nSPS) is 13.9. The molecule has 134 valence electrons. The molecule has 0 bridgehead atoms. The second-order valence-electron chi connectivity index (χ2n) is 5.86. The molecule has 0 saturated heterocycles. The number of imidazole rings is 1. The van der Waals surface area contributed by atoms with Gasteiger partial charge in [-0.15, -0.1) is 0 Å². The van der Waals surface area contributed by atoms with Gasteiger partial charge in [-0.3, -0.25) is 4.98 Å². The summed E-state index contributed by atoms with van der Waals surface area (Å²) in [6.07, 6.45) is 9.68. The number of hydrogen-bond donors (Lipinski definition) is 0. The Balaban J connectivity index is 0.000000202. The summed E-state index contributed by atoms with van der Waals surface area (Å²) in [7, 11) is 0. The molecule has 0 aromatic carbocycles. The van der Waals surface area contributed by atoms with E-state index in [9.17, 15) is 0 Å². The highest BCUT2D eigenvalue weighted by Crippen LogP contribution is 2.19. The van der Waals surface area contributed by atoms with E-state index in [4.69, 9.17) is 0 Å². The molecule has 0 fully saturated rings. The summed E-state index contributed by atoms with van der Waals surface area (Å²) in [6.45, 7) is 13.3. The lowest BCUT2D eigenvalue weighted by Gasteiger charge is -2.14. The van der Waals surface area contributed by atoms with Crippen molar-refractivity contribution in [3.8, 4) is 0 Å². The molecule has 2 aromatic rings. The van der Waals surface area contributed by atoms with Crippen molar-refractivity contribution in [3.63, 3.8) is 0 Å². The molecule has 3 nitrogen and oxygen atoms in total. The third-order valence-electron chi connectivity index (χ3n) is 4.10. The van der Waals surface area contributed by atoms with E-state index in [1.807, 2.05) is 34.6 Å². The molecule has 0 unspecified atom stereocenters. The highest BCUT2D eigenvalue weighted by Gasteiger charge is 2.10. The van der Waals surface area contributed by atoms with Crippen LogP contribution in [-0.4, -0.2) is 14.5 Å². The van der Waals surface area contributed by atoms with E-state index in [-0.39, 0.29) is 0 Å². The monoisotopic (exact) mass is 329 g/mol. The van der Waals surface area contributed by atoms with Crippen LogP contribution in [0.15, 0.2) is 18.3 Å². The maximum Gasteiger partial charge on any atom is 0.109 e. The average Bonchev–Trinajstić information content (AvgIpc) is 3.19. The van der Waals surface area contributed by atoms with Gasteiger partial charge in [-0.05, 0) is 57.6 Å². The zero-order chi connectivity index (χ0) is 17.9. The van der Waals surface area contributed by atoms with Gasteiger partial charge >= 0.3 is 0 Å². The van der Waals surface area contributed by atoms with Crippen LogP contribution in [-0.2, 0) is 25.8 Å². The van der Waals surface area contributed by atoms with Gasteiger partial charge in [-0.25, -0.2) is 4.98 Å². The predicted molar refractivity (Wildman–Crippen MR) is 104 cm³/mol. The summed E-state index contributed by atoms with van der Waals surface area (Å²) < 4.78 is 2.25. The van der Waals surface area contributed by atoms with Crippen LogP contribution in [0.5, 0.6) is 0 Å². The van der Waals surface area contributed by atoms with Crippen molar-refractivity contribution in [3.05, 3.63) is 46.8 Å². The van der Waals surface area contributed by atoms with E-state index in [0.717, 1.165) is 11.4 Å². The molecule has 0 spiro atoms. The van der Waals surface area contributed by atoms with E-state index < -0.39 is 0 Å². The summed E-state index contributed by atoms with van der Waals surface area (Å²) in [5.74, 6) is 1.27. The van der Waals surface area contributed by atoms with Gasteiger partial charge in [-0.1, -0.05) is 33.8 Å². The Morgan fingerprint density at radius 1 is 0.792 bits per heavy atom. The molecule has 1 aliphatic heterocycles. The maximum atomic E-state index is 4.51. The van der Waals surface area contributed by atoms with Gasteiger partial charge in [-0.2, -0.15) is 0 Å². The fourth-order valence-electron chi connectivity index (χ4n) is 3.09. The molecule has 2 aliphatic rings. The molecule has 0 radical (unpaired) electrons. The van der Waals surface area contributed by atoms with Gasteiger partial charge in [0.05, 0.1) is 5.69 Å². The van der Waals surface area contributed by atoms with Crippen molar-refractivity contribution in [1.82, 2.24) is 14.5 Å². The van der Waals surface area contributed by atoms with Gasteiger partial charge in [0.2, 0.25) is 0 Å². The van der Waals surface area contributed by atoms with Crippen LogP contribution < -0.4 is 0 Å². The molecule has 0 N–H and O–H groups in total. The molecular formula is C21H35N3. The molecule has 3 heteroatoms. The van der Waals surface area contributed by atoms with Crippen molar-refractivity contribution in [2.24, 2.45) is 0 Å². The number of fused-ring (bicyclic) bond motifs is 2. The van der Waals surface area contributed by atoms with E-state index >= 15 is 0 Å². The Hall–Kier alpha value is -1.64. The Labute approximate surface area is 148 Å². The number of aromatic nitrogens is 3. The summed E-state index contributed by atoms with van der Waals surface area (Å²) in [4.78, 5) is 8.87. The highest BCUT2D eigenvalue weighted by molar-refractivity contribution is 5.24. The lowest BCUT2D eigenvalue weighted by Crippen LogP contribution is -2.05. The molecule has 1 aliphatic carbocycles. The second kappa shape index (κ2) is 11.0. The zero-order valence-corrected chi connectivity index (χ0v) is 16.5. The van der Waals surface area contributed by atoms with E-state index in [1.165, 1.54) is 62.2 Å². The summed E-state index contributed by atoms with van der Waals surface area (Å²) in [5.41, 5.74) is 5.13. The summed E-state index contributed by atoms with van der Waals surface area (Å²) in [5, 5.41) is 0. The van der Waals surface area contributed by atoms with E-state index in [2.05, 4.69) is 39.8 Å². The predicted octanol–water partition coefficient (Wildman–Crippen LogP) is 5.46. The van der Waals surface area contributed by atoms with Gasteiger partial charge < -0.3 is 4.57 Å². The Bertz CT molecular complexity index is 578. The number of hydrogen-bond acceptors (Lipinski definition) is 2. The minimum atomic E-state index is 1.16. The van der Waals surface area contributed by atoms with Crippen LogP contribution in [0.4, 0.5) is 0 Å². The molecule has 3 heterocycles. The van der Waals surface area contributed by atoms with Crippen LogP contribution in [0.25, 0.3) is 0 Å². The first-order valence-corrected chi connectivity index (χ1v) is 9.70. The number of pyridine rings is 1. The third-order valence-corrected chi connectivity index (χ3v) is 4.10. The summed E-state index contributed by atoms with van der Waals surface area (Å²) in [6, 6.07) is 4.35. The lowest BCUT2D eigenvalue weighted by atomic mass is 9.96. The second-order valence-corrected chi connectivity index (χ2v) is 5.86.